The number of hydrogen-bond acceptors (Lipinski definition) is 6. The van der Waals surface area contributed by atoms with Crippen LogP contribution in [0.15, 0.2) is 29.8 Å². The van der Waals surface area contributed by atoms with E-state index >= 15 is 0 Å². The lowest BCUT2D eigenvalue weighted by Gasteiger charge is -2.31. The molecule has 1 atom stereocenters. The van der Waals surface area contributed by atoms with E-state index in [1.54, 1.807) is 37.7 Å². The summed E-state index contributed by atoms with van der Waals surface area (Å²) in [5, 5.41) is 15.5. The number of aromatic nitrogens is 2. The maximum absolute atomic E-state index is 13.6. The average Bonchev–Trinajstić information content (AvgIpc) is 3.18. The number of halogens is 1. The summed E-state index contributed by atoms with van der Waals surface area (Å²) in [7, 11) is 1.75. The first kappa shape index (κ1) is 22.2. The maximum Gasteiger partial charge on any atom is 0.295 e. The summed E-state index contributed by atoms with van der Waals surface area (Å²) in [6, 6.07) is 4.86. The van der Waals surface area contributed by atoms with E-state index in [-0.39, 0.29) is 11.3 Å². The Morgan fingerprint density at radius 2 is 1.81 bits per heavy atom. The van der Waals surface area contributed by atoms with E-state index in [1.807, 2.05) is 0 Å². The summed E-state index contributed by atoms with van der Waals surface area (Å²) in [6.07, 6.45) is 0. The minimum Gasteiger partial charge on any atom is -0.507 e. The Morgan fingerprint density at radius 3 is 2.41 bits per heavy atom. The van der Waals surface area contributed by atoms with Crippen molar-refractivity contribution in [3.8, 4) is 0 Å². The molecule has 0 unspecified atom stereocenters. The van der Waals surface area contributed by atoms with Gasteiger partial charge in [-0.3, -0.25) is 19.2 Å². The van der Waals surface area contributed by atoms with Gasteiger partial charge in [0.2, 0.25) is 0 Å². The summed E-state index contributed by atoms with van der Waals surface area (Å²) in [6.45, 7) is 7.14. The van der Waals surface area contributed by atoms with Gasteiger partial charge in [-0.2, -0.15) is 5.10 Å². The second-order valence-corrected chi connectivity index (χ2v) is 8.17. The summed E-state index contributed by atoms with van der Waals surface area (Å²) in [5.41, 5.74) is 2.24. The number of aliphatic hydroxyl groups excluding tert-OH is 1. The van der Waals surface area contributed by atoms with Crippen LogP contribution in [0.5, 0.6) is 0 Å². The second-order valence-electron chi connectivity index (χ2n) is 8.17. The molecule has 1 amide bonds. The quantitative estimate of drug-likeness (QED) is 0.433. The molecular weight excluding hydrogens is 415 g/mol. The molecule has 2 aliphatic rings. The summed E-state index contributed by atoms with van der Waals surface area (Å²) < 4.78 is 20.6. The van der Waals surface area contributed by atoms with Gasteiger partial charge >= 0.3 is 0 Å². The Kier molecular flexibility index (Phi) is 6.12. The highest BCUT2D eigenvalue weighted by Gasteiger charge is 2.46. The first-order valence-corrected chi connectivity index (χ1v) is 10.6. The van der Waals surface area contributed by atoms with Gasteiger partial charge in [-0.15, -0.1) is 0 Å². The molecule has 2 fully saturated rings. The highest BCUT2D eigenvalue weighted by atomic mass is 19.1. The molecule has 4 rings (SSSR count). The monoisotopic (exact) mass is 442 g/mol. The molecule has 0 saturated carbocycles. The van der Waals surface area contributed by atoms with Crippen LogP contribution >= 0.6 is 0 Å². The van der Waals surface area contributed by atoms with Crippen LogP contribution in [-0.4, -0.2) is 75.8 Å². The number of Topliss-reactive ketones (excluding diaryl/α,β-unsaturated/α-hetero) is 1. The molecule has 0 spiro atoms. The van der Waals surface area contributed by atoms with Crippen molar-refractivity contribution in [1.82, 2.24) is 19.6 Å². The van der Waals surface area contributed by atoms with Crippen molar-refractivity contribution < 1.29 is 23.8 Å². The summed E-state index contributed by atoms with van der Waals surface area (Å²) in [5.74, 6) is -2.09. The zero-order chi connectivity index (χ0) is 23.0. The first-order valence-electron chi connectivity index (χ1n) is 10.6. The highest BCUT2D eigenvalue weighted by molar-refractivity contribution is 6.46. The van der Waals surface area contributed by atoms with Crippen LogP contribution in [0, 0.1) is 19.7 Å². The van der Waals surface area contributed by atoms with E-state index in [0.29, 0.717) is 48.8 Å². The number of aryl methyl sites for hydroxylation is 2. The molecule has 2 aromatic rings. The van der Waals surface area contributed by atoms with Crippen molar-refractivity contribution >= 4 is 17.4 Å². The molecule has 32 heavy (non-hydrogen) atoms. The lowest BCUT2D eigenvalue weighted by Crippen LogP contribution is -2.42. The normalized spacial score (nSPS) is 21.5. The van der Waals surface area contributed by atoms with E-state index < -0.39 is 23.5 Å². The highest BCUT2D eigenvalue weighted by Crippen LogP contribution is 2.40. The van der Waals surface area contributed by atoms with Crippen molar-refractivity contribution in [1.29, 1.82) is 0 Å². The van der Waals surface area contributed by atoms with Gasteiger partial charge in [0.15, 0.2) is 0 Å². The Bertz CT molecular complexity index is 1070. The van der Waals surface area contributed by atoms with Crippen LogP contribution in [0.2, 0.25) is 0 Å². The first-order chi connectivity index (χ1) is 15.3. The number of morpholine rings is 1. The van der Waals surface area contributed by atoms with Crippen LogP contribution in [0.3, 0.4) is 0 Å². The fraction of sp³-hybridized carbons (Fsp3) is 0.435. The van der Waals surface area contributed by atoms with Gasteiger partial charge in [0.1, 0.15) is 11.6 Å². The van der Waals surface area contributed by atoms with Crippen molar-refractivity contribution in [2.24, 2.45) is 7.05 Å². The summed E-state index contributed by atoms with van der Waals surface area (Å²) >= 11 is 0. The number of carbonyl (C=O) groups is 2. The molecule has 9 heteroatoms. The van der Waals surface area contributed by atoms with Crippen molar-refractivity contribution in [2.45, 2.75) is 19.9 Å². The fourth-order valence-electron chi connectivity index (χ4n) is 4.43. The molecule has 1 N–H and O–H groups in total. The van der Waals surface area contributed by atoms with Gasteiger partial charge < -0.3 is 14.7 Å². The van der Waals surface area contributed by atoms with Gasteiger partial charge in [0.25, 0.3) is 11.7 Å². The number of amides is 1. The number of carbonyl (C=O) groups excluding carboxylic acids is 2. The van der Waals surface area contributed by atoms with Gasteiger partial charge in [-0.05, 0) is 31.5 Å². The van der Waals surface area contributed by atoms with Gasteiger partial charge in [-0.1, -0.05) is 12.1 Å². The number of rotatable bonds is 5. The molecule has 0 bridgehead atoms. The SMILES string of the molecule is Cc1nn(C)c(C)c1/C(O)=C1\C(=O)C(=O)N(CCN2CCOCC2)[C@@H]1c1ccc(F)cc1. The Labute approximate surface area is 185 Å². The van der Waals surface area contributed by atoms with Gasteiger partial charge in [-0.25, -0.2) is 4.39 Å². The molecule has 2 aliphatic heterocycles. The molecule has 1 aromatic carbocycles. The maximum atomic E-state index is 13.6. The molecule has 0 aliphatic carbocycles. The Hall–Kier alpha value is -3.04. The third kappa shape index (κ3) is 3.93. The van der Waals surface area contributed by atoms with Crippen molar-refractivity contribution in [3.63, 3.8) is 0 Å². The molecule has 3 heterocycles. The molecule has 0 radical (unpaired) electrons. The predicted molar refractivity (Wildman–Crippen MR) is 115 cm³/mol. The third-order valence-corrected chi connectivity index (χ3v) is 6.23. The minimum atomic E-state index is -0.810. The Morgan fingerprint density at radius 1 is 1.16 bits per heavy atom. The van der Waals surface area contributed by atoms with E-state index in [2.05, 4.69) is 10.00 Å². The molecule has 1 aromatic heterocycles. The third-order valence-electron chi connectivity index (χ3n) is 6.23. The number of nitrogens with zero attached hydrogens (tertiary/aromatic N) is 4. The van der Waals surface area contributed by atoms with Crippen LogP contribution in [0.1, 0.15) is 28.6 Å². The fourth-order valence-corrected chi connectivity index (χ4v) is 4.43. The van der Waals surface area contributed by atoms with Crippen molar-refractivity contribution in [2.75, 3.05) is 39.4 Å². The number of ether oxygens (including phenoxy) is 1. The van der Waals surface area contributed by atoms with E-state index in [4.69, 9.17) is 4.74 Å². The molecule has 170 valence electrons. The van der Waals surface area contributed by atoms with Gasteiger partial charge in [0, 0.05) is 38.9 Å². The van der Waals surface area contributed by atoms with Crippen LogP contribution in [0.25, 0.3) is 5.76 Å². The predicted octanol–water partition coefficient (Wildman–Crippen LogP) is 1.93. The zero-order valence-corrected chi connectivity index (χ0v) is 18.5. The largest absolute Gasteiger partial charge is 0.507 e. The van der Waals surface area contributed by atoms with E-state index in [0.717, 1.165) is 13.1 Å². The van der Waals surface area contributed by atoms with E-state index in [9.17, 15) is 19.1 Å². The molecule has 2 saturated heterocycles. The molecule has 8 nitrogen and oxygen atoms in total. The average molecular weight is 442 g/mol. The standard InChI is InChI=1S/C23H27FN4O4/c1-14-18(15(2)26(3)25-14)21(29)19-20(16-4-6-17(24)7-5-16)28(23(31)22(19)30)9-8-27-10-12-32-13-11-27/h4-7,20,29H,8-13H2,1-3H3/b21-19+/t20-/m1/s1. The van der Waals surface area contributed by atoms with Crippen molar-refractivity contribution in [3.05, 3.63) is 58.2 Å². The van der Waals surface area contributed by atoms with E-state index in [1.165, 1.54) is 17.0 Å². The second kappa shape index (κ2) is 8.84. The number of hydrogen-bond donors (Lipinski definition) is 1. The van der Waals surface area contributed by atoms with Crippen LogP contribution in [-0.2, 0) is 21.4 Å². The van der Waals surface area contributed by atoms with Crippen LogP contribution < -0.4 is 0 Å². The number of likely N-dealkylation sites (tertiary alicyclic amines) is 1. The lowest BCUT2D eigenvalue weighted by atomic mass is 9.94. The minimum absolute atomic E-state index is 0.00258. The summed E-state index contributed by atoms with van der Waals surface area (Å²) in [4.78, 5) is 29.8. The smallest absolute Gasteiger partial charge is 0.295 e. The Balaban J connectivity index is 1.77. The number of benzene rings is 1. The number of ketones is 1. The lowest BCUT2D eigenvalue weighted by molar-refractivity contribution is -0.140. The topological polar surface area (TPSA) is 87.9 Å². The molecular formula is C23H27FN4O4. The number of aliphatic hydroxyl groups is 1. The van der Waals surface area contributed by atoms with Crippen LogP contribution in [0.4, 0.5) is 4.39 Å². The zero-order valence-electron chi connectivity index (χ0n) is 18.5. The van der Waals surface area contributed by atoms with Gasteiger partial charge in [0.05, 0.1) is 36.1 Å².